The first kappa shape index (κ1) is 16.5. The molecule has 0 bridgehead atoms. The van der Waals surface area contributed by atoms with Crippen molar-refractivity contribution < 1.29 is 4.79 Å². The summed E-state index contributed by atoms with van der Waals surface area (Å²) in [5, 5.41) is 21.0. The lowest BCUT2D eigenvalue weighted by molar-refractivity contribution is 0.0696. The number of nitrogens with one attached hydrogen (secondary N) is 1. The quantitative estimate of drug-likeness (QED) is 0.683. The van der Waals surface area contributed by atoms with Gasteiger partial charge < -0.3 is 4.90 Å². The minimum absolute atomic E-state index is 0.0229. The number of hydrogen-bond donors (Lipinski definition) is 1. The molecule has 1 aliphatic carbocycles. The summed E-state index contributed by atoms with van der Waals surface area (Å²) in [6, 6.07) is 10.6. The fraction of sp³-hybridized carbons (Fsp3) is 0.412. The van der Waals surface area contributed by atoms with Crippen LogP contribution in [0.2, 0.25) is 0 Å². The Morgan fingerprint density at radius 2 is 1.96 bits per heavy atom. The van der Waals surface area contributed by atoms with Crippen LogP contribution in [0.1, 0.15) is 42.5 Å². The predicted octanol–water partition coefficient (Wildman–Crippen LogP) is 2.91. The molecule has 2 rings (SSSR count). The highest BCUT2D eigenvalue weighted by atomic mass is 16.2. The number of amides is 1. The standard InChI is InChI=1S/C17H19N5O/c1-22(16-8-3-2-4-9-16)17(23)13-6-5-7-14(10-13)20-21-15(11-18)12-19/h5-7,10,16,20H,2-4,8-9H2,1H3. The molecule has 1 aliphatic rings. The van der Waals surface area contributed by atoms with Crippen molar-refractivity contribution in [3.63, 3.8) is 0 Å². The van der Waals surface area contributed by atoms with Gasteiger partial charge in [-0.1, -0.05) is 25.3 Å². The molecule has 1 saturated carbocycles. The number of hydrazone groups is 1. The normalized spacial score (nSPS) is 14.2. The smallest absolute Gasteiger partial charge is 0.253 e. The molecule has 0 heterocycles. The highest BCUT2D eigenvalue weighted by molar-refractivity contribution is 6.10. The van der Waals surface area contributed by atoms with Crippen molar-refractivity contribution in [1.29, 1.82) is 10.5 Å². The third kappa shape index (κ3) is 4.31. The molecule has 1 aromatic rings. The summed E-state index contributed by atoms with van der Waals surface area (Å²) in [5.41, 5.74) is 3.50. The number of hydrogen-bond acceptors (Lipinski definition) is 5. The number of carbonyl (C=O) groups is 1. The SMILES string of the molecule is CN(C(=O)c1cccc(NN=C(C#N)C#N)c1)C1CCCCC1. The van der Waals surface area contributed by atoms with Gasteiger partial charge in [0.2, 0.25) is 5.71 Å². The van der Waals surface area contributed by atoms with Gasteiger partial charge in [0, 0.05) is 18.7 Å². The monoisotopic (exact) mass is 309 g/mol. The van der Waals surface area contributed by atoms with E-state index in [1.165, 1.54) is 19.3 Å². The largest absolute Gasteiger partial charge is 0.339 e. The molecule has 0 spiro atoms. The van der Waals surface area contributed by atoms with E-state index in [0.29, 0.717) is 17.3 Å². The van der Waals surface area contributed by atoms with Crippen molar-refractivity contribution in [1.82, 2.24) is 4.90 Å². The Morgan fingerprint density at radius 1 is 1.26 bits per heavy atom. The van der Waals surface area contributed by atoms with Gasteiger partial charge in [0.05, 0.1) is 5.69 Å². The van der Waals surface area contributed by atoms with Crippen LogP contribution in [-0.2, 0) is 0 Å². The van der Waals surface area contributed by atoms with Crippen LogP contribution >= 0.6 is 0 Å². The van der Waals surface area contributed by atoms with Gasteiger partial charge in [-0.05, 0) is 31.0 Å². The number of benzene rings is 1. The molecule has 1 aromatic carbocycles. The van der Waals surface area contributed by atoms with Crippen LogP contribution in [0.15, 0.2) is 29.4 Å². The molecule has 1 N–H and O–H groups in total. The summed E-state index contributed by atoms with van der Waals surface area (Å²) in [6.07, 6.45) is 5.69. The van der Waals surface area contributed by atoms with Crippen LogP contribution in [0.4, 0.5) is 5.69 Å². The highest BCUT2D eigenvalue weighted by Gasteiger charge is 2.22. The molecule has 0 aromatic heterocycles. The van der Waals surface area contributed by atoms with E-state index in [9.17, 15) is 4.79 Å². The predicted molar refractivity (Wildman–Crippen MR) is 87.7 cm³/mol. The molecular formula is C17H19N5O. The van der Waals surface area contributed by atoms with Crippen LogP contribution in [0.25, 0.3) is 0 Å². The summed E-state index contributed by atoms with van der Waals surface area (Å²) in [6.45, 7) is 0. The Balaban J connectivity index is 2.09. The minimum Gasteiger partial charge on any atom is -0.339 e. The van der Waals surface area contributed by atoms with Gasteiger partial charge in [-0.2, -0.15) is 15.6 Å². The van der Waals surface area contributed by atoms with Crippen molar-refractivity contribution in [3.8, 4) is 12.1 Å². The van der Waals surface area contributed by atoms with Gasteiger partial charge in [0.15, 0.2) is 0 Å². The highest BCUT2D eigenvalue weighted by Crippen LogP contribution is 2.23. The summed E-state index contributed by atoms with van der Waals surface area (Å²) < 4.78 is 0. The Hall–Kier alpha value is -2.86. The second-order valence-corrected chi connectivity index (χ2v) is 5.58. The molecule has 0 atom stereocenters. The zero-order chi connectivity index (χ0) is 16.7. The van der Waals surface area contributed by atoms with Crippen LogP contribution in [-0.4, -0.2) is 29.6 Å². The van der Waals surface area contributed by atoms with Crippen LogP contribution in [0, 0.1) is 22.7 Å². The molecule has 1 fully saturated rings. The van der Waals surface area contributed by atoms with E-state index in [2.05, 4.69) is 10.5 Å². The van der Waals surface area contributed by atoms with E-state index in [1.807, 2.05) is 11.9 Å². The molecule has 0 saturated heterocycles. The lowest BCUT2D eigenvalue weighted by Crippen LogP contribution is -2.38. The maximum atomic E-state index is 12.6. The van der Waals surface area contributed by atoms with Crippen molar-refractivity contribution >= 4 is 17.3 Å². The summed E-state index contributed by atoms with van der Waals surface area (Å²) in [7, 11) is 1.85. The molecule has 0 aliphatic heterocycles. The second-order valence-electron chi connectivity index (χ2n) is 5.58. The van der Waals surface area contributed by atoms with Crippen LogP contribution in [0.5, 0.6) is 0 Å². The third-order valence-electron chi connectivity index (χ3n) is 4.06. The number of nitriles is 2. The van der Waals surface area contributed by atoms with Gasteiger partial charge in [-0.3, -0.25) is 10.2 Å². The van der Waals surface area contributed by atoms with E-state index in [1.54, 1.807) is 36.4 Å². The van der Waals surface area contributed by atoms with Crippen molar-refractivity contribution in [3.05, 3.63) is 29.8 Å². The van der Waals surface area contributed by atoms with E-state index in [-0.39, 0.29) is 11.6 Å². The van der Waals surface area contributed by atoms with E-state index < -0.39 is 0 Å². The molecule has 1 amide bonds. The Labute approximate surface area is 136 Å². The van der Waals surface area contributed by atoms with E-state index in [4.69, 9.17) is 10.5 Å². The summed E-state index contributed by atoms with van der Waals surface area (Å²) in [5.74, 6) is -0.0229. The zero-order valence-electron chi connectivity index (χ0n) is 13.1. The molecule has 0 radical (unpaired) electrons. The van der Waals surface area contributed by atoms with E-state index in [0.717, 1.165) is 12.8 Å². The molecule has 6 heteroatoms. The molecule has 118 valence electrons. The molecular weight excluding hydrogens is 290 g/mol. The topological polar surface area (TPSA) is 92.3 Å². The number of carbonyl (C=O) groups excluding carboxylic acids is 1. The van der Waals surface area contributed by atoms with Crippen molar-refractivity contribution in [2.45, 2.75) is 38.1 Å². The third-order valence-corrected chi connectivity index (χ3v) is 4.06. The fourth-order valence-electron chi connectivity index (χ4n) is 2.76. The lowest BCUT2D eigenvalue weighted by atomic mass is 9.94. The number of rotatable bonds is 4. The Bertz CT molecular complexity index is 661. The Morgan fingerprint density at radius 3 is 2.61 bits per heavy atom. The van der Waals surface area contributed by atoms with Gasteiger partial charge >= 0.3 is 0 Å². The fourth-order valence-corrected chi connectivity index (χ4v) is 2.76. The van der Waals surface area contributed by atoms with Gasteiger partial charge in [-0.15, -0.1) is 0 Å². The van der Waals surface area contributed by atoms with Gasteiger partial charge in [0.25, 0.3) is 5.91 Å². The average molecular weight is 309 g/mol. The van der Waals surface area contributed by atoms with Gasteiger partial charge in [0.1, 0.15) is 12.1 Å². The van der Waals surface area contributed by atoms with Crippen LogP contribution in [0.3, 0.4) is 0 Å². The van der Waals surface area contributed by atoms with Crippen LogP contribution < -0.4 is 5.43 Å². The van der Waals surface area contributed by atoms with E-state index >= 15 is 0 Å². The zero-order valence-corrected chi connectivity index (χ0v) is 13.1. The molecule has 0 unspecified atom stereocenters. The maximum Gasteiger partial charge on any atom is 0.253 e. The van der Waals surface area contributed by atoms with Crippen molar-refractivity contribution in [2.75, 3.05) is 12.5 Å². The first-order valence-electron chi connectivity index (χ1n) is 7.67. The second kappa shape index (κ2) is 7.95. The van der Waals surface area contributed by atoms with Crippen molar-refractivity contribution in [2.24, 2.45) is 5.10 Å². The number of anilines is 1. The number of nitrogens with zero attached hydrogens (tertiary/aromatic N) is 4. The lowest BCUT2D eigenvalue weighted by Gasteiger charge is -2.31. The molecule has 6 nitrogen and oxygen atoms in total. The minimum atomic E-state index is -0.263. The average Bonchev–Trinajstić information content (AvgIpc) is 2.62. The summed E-state index contributed by atoms with van der Waals surface area (Å²) >= 11 is 0. The Kier molecular flexibility index (Phi) is 5.71. The first-order valence-corrected chi connectivity index (χ1v) is 7.67. The first-order chi connectivity index (χ1) is 11.2. The summed E-state index contributed by atoms with van der Waals surface area (Å²) in [4.78, 5) is 14.4. The van der Waals surface area contributed by atoms with Gasteiger partial charge in [-0.25, -0.2) is 0 Å². The maximum absolute atomic E-state index is 12.6. The molecule has 23 heavy (non-hydrogen) atoms.